The van der Waals surface area contributed by atoms with E-state index < -0.39 is 5.97 Å². The van der Waals surface area contributed by atoms with Crippen LogP contribution in [0, 0.1) is 37.0 Å². The number of hydrogen-bond donors (Lipinski definition) is 1. The Morgan fingerprint density at radius 3 is 2.00 bits per heavy atom. The van der Waals surface area contributed by atoms with E-state index in [0.29, 0.717) is 0 Å². The number of hydrogen-bond acceptors (Lipinski definition) is 1. The number of carboxylic acids is 1. The van der Waals surface area contributed by atoms with Gasteiger partial charge in [0.05, 0.1) is 0 Å². The van der Waals surface area contributed by atoms with Gasteiger partial charge in [-0.2, -0.15) is 0 Å². The first-order valence-corrected chi connectivity index (χ1v) is 2.34. The third-order valence-corrected chi connectivity index (χ3v) is 0.583. The first-order valence-electron chi connectivity index (χ1n) is 2.34. The van der Waals surface area contributed by atoms with Crippen LogP contribution in [0.15, 0.2) is 0 Å². The van der Waals surface area contributed by atoms with Crippen LogP contribution in [0.1, 0.15) is 20.3 Å². The molecule has 8 heavy (non-hydrogen) atoms. The van der Waals surface area contributed by atoms with Crippen LogP contribution >= 0.6 is 0 Å². The van der Waals surface area contributed by atoms with Gasteiger partial charge in [-0.15, -0.1) is 0 Å². The second-order valence-corrected chi connectivity index (χ2v) is 1.99. The van der Waals surface area contributed by atoms with Crippen molar-refractivity contribution in [2.24, 2.45) is 5.92 Å². The van der Waals surface area contributed by atoms with Crippen molar-refractivity contribution in [1.82, 2.24) is 0 Å². The van der Waals surface area contributed by atoms with Crippen LogP contribution in [-0.2, 0) is 4.79 Å². The average molecular weight is 340 g/mol. The largest absolute Gasteiger partial charge is 0.481 e. The number of rotatable bonds is 2. The molecule has 0 unspecified atom stereocenters. The minimum Gasteiger partial charge on any atom is -0.481 e. The summed E-state index contributed by atoms with van der Waals surface area (Å²) in [6.45, 7) is 3.77. The van der Waals surface area contributed by atoms with Crippen LogP contribution in [0.5, 0.6) is 0 Å². The van der Waals surface area contributed by atoms with Crippen LogP contribution in [0.25, 0.3) is 0 Å². The van der Waals surface area contributed by atoms with Gasteiger partial charge < -0.3 is 5.11 Å². The second kappa shape index (κ2) is 5.65. The zero-order valence-corrected chi connectivity index (χ0v) is 9.30. The fourth-order valence-corrected chi connectivity index (χ4v) is 0.349. The van der Waals surface area contributed by atoms with Crippen molar-refractivity contribution in [3.63, 3.8) is 0 Å². The summed E-state index contributed by atoms with van der Waals surface area (Å²) in [5, 5.41) is 8.08. The third-order valence-electron chi connectivity index (χ3n) is 0.583. The van der Waals surface area contributed by atoms with Gasteiger partial charge in [-0.3, -0.25) is 4.79 Å². The van der Waals surface area contributed by atoms with Gasteiger partial charge in [-0.05, 0) is 5.92 Å². The minimum atomic E-state index is -0.713. The van der Waals surface area contributed by atoms with Crippen LogP contribution in [0.2, 0.25) is 0 Å². The monoisotopic (exact) mass is 340 g/mol. The molecule has 0 bridgehead atoms. The molecule has 2 nitrogen and oxygen atoms in total. The van der Waals surface area contributed by atoms with Crippen molar-refractivity contribution in [3.05, 3.63) is 0 Å². The molecule has 0 atom stereocenters. The molecule has 0 aromatic heterocycles. The summed E-state index contributed by atoms with van der Waals surface area (Å²) in [7, 11) is 0. The Bertz CT molecular complexity index is 70.8. The summed E-state index contributed by atoms with van der Waals surface area (Å²) >= 11 is 0. The van der Waals surface area contributed by atoms with Crippen LogP contribution in [-0.4, -0.2) is 11.1 Å². The topological polar surface area (TPSA) is 37.3 Å². The molecule has 0 radical (unpaired) electrons. The third kappa shape index (κ3) is 9.73. The zero-order valence-electron chi connectivity index (χ0n) is 5.14. The molecule has 0 aliphatic heterocycles. The zero-order chi connectivity index (χ0) is 5.86. The molecular weight excluding hydrogens is 330 g/mol. The molecule has 0 aromatic rings. The molecule has 0 spiro atoms. The first-order chi connectivity index (χ1) is 3.13. The summed E-state index contributed by atoms with van der Waals surface area (Å²) in [5.41, 5.74) is 0. The number of aliphatic carboxylic acids is 1. The molecule has 0 heterocycles. The summed E-state index contributed by atoms with van der Waals surface area (Å²) in [4.78, 5) is 9.81. The Labute approximate surface area is 73.0 Å². The van der Waals surface area contributed by atoms with Crippen molar-refractivity contribution in [1.29, 1.82) is 0 Å². The molecule has 3 heteroatoms. The van der Waals surface area contributed by atoms with Crippen molar-refractivity contribution in [2.45, 2.75) is 20.3 Å². The summed E-state index contributed by atoms with van der Waals surface area (Å²) in [6, 6.07) is 0. The average Bonchev–Trinajstić information content (AvgIpc) is 1.27. The molecule has 46 valence electrons. The van der Waals surface area contributed by atoms with E-state index in [-0.39, 0.29) is 43.5 Å². The fraction of sp³-hybridized carbons (Fsp3) is 0.800. The van der Waals surface area contributed by atoms with Gasteiger partial charge in [0.2, 0.25) is 0 Å². The van der Waals surface area contributed by atoms with E-state index in [1.54, 1.807) is 0 Å². The van der Waals surface area contributed by atoms with E-state index in [4.69, 9.17) is 5.11 Å². The molecular formula is C5H10O2U. The van der Waals surface area contributed by atoms with Crippen molar-refractivity contribution in [3.8, 4) is 0 Å². The Morgan fingerprint density at radius 2 is 2.00 bits per heavy atom. The van der Waals surface area contributed by atoms with Gasteiger partial charge >= 0.3 is 5.97 Å². The van der Waals surface area contributed by atoms with Crippen LogP contribution in [0.4, 0.5) is 0 Å². The standard InChI is InChI=1S/C5H10O2.U/c1-4(2)3-5(6)7;/h4H,3H2,1-2H3,(H,6,7);. The van der Waals surface area contributed by atoms with Gasteiger partial charge in [-0.1, -0.05) is 13.8 Å². The maximum atomic E-state index is 9.81. The molecule has 0 aliphatic rings. The van der Waals surface area contributed by atoms with Gasteiger partial charge in [0.1, 0.15) is 0 Å². The predicted molar refractivity (Wildman–Crippen MR) is 27.1 cm³/mol. The van der Waals surface area contributed by atoms with E-state index >= 15 is 0 Å². The molecule has 0 aliphatic carbocycles. The van der Waals surface area contributed by atoms with Gasteiger partial charge in [-0.25, -0.2) is 0 Å². The first kappa shape index (κ1) is 11.3. The summed E-state index contributed by atoms with van der Waals surface area (Å²) < 4.78 is 0. The van der Waals surface area contributed by atoms with E-state index in [1.165, 1.54) is 0 Å². The SMILES string of the molecule is CC(C)CC(=O)O.[U]. The molecule has 1 N–H and O–H groups in total. The van der Waals surface area contributed by atoms with Gasteiger partial charge in [0.25, 0.3) is 0 Å². The second-order valence-electron chi connectivity index (χ2n) is 1.99. The number of carbonyl (C=O) groups is 1. The van der Waals surface area contributed by atoms with Gasteiger partial charge in [0, 0.05) is 37.5 Å². The van der Waals surface area contributed by atoms with Crippen LogP contribution < -0.4 is 0 Å². The maximum Gasteiger partial charge on any atom is 0.303 e. The molecule has 0 saturated heterocycles. The maximum absolute atomic E-state index is 9.81. The van der Waals surface area contributed by atoms with Crippen molar-refractivity contribution >= 4 is 5.97 Å². The normalized spacial score (nSPS) is 8.38. The number of carboxylic acid groups (broad SMARTS) is 1. The molecule has 0 rings (SSSR count). The summed E-state index contributed by atoms with van der Waals surface area (Å²) in [6.07, 6.45) is 0.278. The van der Waals surface area contributed by atoms with Gasteiger partial charge in [0.15, 0.2) is 0 Å². The fourth-order valence-electron chi connectivity index (χ4n) is 0.349. The van der Waals surface area contributed by atoms with Crippen molar-refractivity contribution in [2.75, 3.05) is 0 Å². The predicted octanol–water partition coefficient (Wildman–Crippen LogP) is 1.12. The molecule has 0 fully saturated rings. The Kier molecular flexibility index (Phi) is 8.01. The smallest absolute Gasteiger partial charge is 0.303 e. The summed E-state index contributed by atoms with van der Waals surface area (Å²) in [5.74, 6) is -0.438. The van der Waals surface area contributed by atoms with E-state index in [2.05, 4.69) is 0 Å². The minimum absolute atomic E-state index is 0. The Morgan fingerprint density at radius 1 is 1.62 bits per heavy atom. The van der Waals surface area contributed by atoms with E-state index in [1.807, 2.05) is 13.8 Å². The molecule has 0 amide bonds. The quantitative estimate of drug-likeness (QED) is 0.818. The van der Waals surface area contributed by atoms with Crippen molar-refractivity contribution < 1.29 is 41.0 Å². The van der Waals surface area contributed by atoms with E-state index in [9.17, 15) is 4.79 Å². The Balaban J connectivity index is 0. The Hall–Kier alpha value is 0.522. The molecule has 0 saturated carbocycles. The van der Waals surface area contributed by atoms with E-state index in [0.717, 1.165) is 0 Å². The van der Waals surface area contributed by atoms with Crippen LogP contribution in [0.3, 0.4) is 0 Å². The molecule has 0 aromatic carbocycles.